The molecule has 32 heavy (non-hydrogen) atoms. The smallest absolute Gasteiger partial charge is 0.263 e. The summed E-state index contributed by atoms with van der Waals surface area (Å²) < 4.78 is 33.2. The highest BCUT2D eigenvalue weighted by Crippen LogP contribution is 2.27. The van der Waals surface area contributed by atoms with Crippen molar-refractivity contribution in [2.75, 3.05) is 42.6 Å². The molecule has 2 aromatic heterocycles. The van der Waals surface area contributed by atoms with Gasteiger partial charge in [-0.3, -0.25) is 4.79 Å². The monoisotopic (exact) mass is 496 g/mol. The highest BCUT2D eigenvalue weighted by atomic mass is 32.2. The zero-order valence-electron chi connectivity index (χ0n) is 18.2. The molecule has 2 unspecified atom stereocenters. The lowest BCUT2D eigenvalue weighted by molar-refractivity contribution is -0.00546. The van der Waals surface area contributed by atoms with Crippen LogP contribution >= 0.6 is 23.1 Å². The minimum atomic E-state index is -3.66. The number of anilines is 1. The molecular formula is C21H28N4O4S3. The first-order chi connectivity index (χ1) is 15.3. The summed E-state index contributed by atoms with van der Waals surface area (Å²) in [5.41, 5.74) is 0.852. The number of morpholine rings is 1. The summed E-state index contributed by atoms with van der Waals surface area (Å²) in [5.74, 6) is 2.05. The Morgan fingerprint density at radius 3 is 2.56 bits per heavy atom. The van der Waals surface area contributed by atoms with Crippen LogP contribution in [0.3, 0.4) is 0 Å². The number of hydrogen-bond acceptors (Lipinski definition) is 8. The number of rotatable bonds is 6. The Morgan fingerprint density at radius 1 is 1.19 bits per heavy atom. The molecule has 2 aromatic rings. The molecule has 2 fully saturated rings. The van der Waals surface area contributed by atoms with E-state index in [4.69, 9.17) is 4.74 Å². The van der Waals surface area contributed by atoms with E-state index in [0.29, 0.717) is 13.1 Å². The van der Waals surface area contributed by atoms with Crippen LogP contribution in [0.25, 0.3) is 0 Å². The Hall–Kier alpha value is -1.66. The maximum absolute atomic E-state index is 13.0. The molecule has 174 valence electrons. The Kier molecular flexibility index (Phi) is 7.40. The molecule has 4 rings (SSSR count). The van der Waals surface area contributed by atoms with Gasteiger partial charge in [0.2, 0.25) is 10.0 Å². The zero-order valence-corrected chi connectivity index (χ0v) is 20.6. The van der Waals surface area contributed by atoms with Crippen LogP contribution in [-0.4, -0.2) is 73.5 Å². The average molecular weight is 497 g/mol. The third-order valence-electron chi connectivity index (χ3n) is 5.43. The fourth-order valence-electron chi connectivity index (χ4n) is 3.93. The summed E-state index contributed by atoms with van der Waals surface area (Å²) in [6, 6.07) is 5.41. The number of nitrogens with zero attached hydrogens (tertiary/aromatic N) is 3. The van der Waals surface area contributed by atoms with Gasteiger partial charge in [-0.15, -0.1) is 11.3 Å². The first-order valence-corrected chi connectivity index (χ1v) is 14.1. The van der Waals surface area contributed by atoms with Gasteiger partial charge < -0.3 is 15.0 Å². The van der Waals surface area contributed by atoms with Crippen molar-refractivity contribution in [2.45, 2.75) is 37.5 Å². The molecule has 0 spiro atoms. The summed E-state index contributed by atoms with van der Waals surface area (Å²) in [7, 11) is -3.66. The topological polar surface area (TPSA) is 91.8 Å². The molecule has 2 saturated heterocycles. The van der Waals surface area contributed by atoms with Crippen LogP contribution in [0.1, 0.15) is 29.1 Å². The van der Waals surface area contributed by atoms with E-state index in [2.05, 4.69) is 29.0 Å². The molecule has 8 nitrogen and oxygen atoms in total. The molecule has 2 atom stereocenters. The highest BCUT2D eigenvalue weighted by molar-refractivity contribution is 7.99. The van der Waals surface area contributed by atoms with Crippen LogP contribution in [0.5, 0.6) is 0 Å². The van der Waals surface area contributed by atoms with Gasteiger partial charge in [0.25, 0.3) is 5.91 Å². The van der Waals surface area contributed by atoms with Crippen molar-refractivity contribution in [3.63, 3.8) is 0 Å². The quantitative estimate of drug-likeness (QED) is 0.657. The summed E-state index contributed by atoms with van der Waals surface area (Å²) in [5, 5.41) is 4.49. The van der Waals surface area contributed by atoms with Gasteiger partial charge in [0.15, 0.2) is 0 Å². The molecule has 11 heteroatoms. The maximum atomic E-state index is 13.0. The zero-order chi connectivity index (χ0) is 22.7. The third-order valence-corrected chi connectivity index (χ3v) is 9.35. The minimum Gasteiger partial charge on any atom is -0.372 e. The molecular weight excluding hydrogens is 468 g/mol. The van der Waals surface area contributed by atoms with Crippen molar-refractivity contribution in [1.29, 1.82) is 0 Å². The van der Waals surface area contributed by atoms with E-state index in [1.807, 2.05) is 12.1 Å². The van der Waals surface area contributed by atoms with Gasteiger partial charge in [-0.1, -0.05) is 6.07 Å². The lowest BCUT2D eigenvalue weighted by Crippen LogP contribution is -2.45. The highest BCUT2D eigenvalue weighted by Gasteiger charge is 2.31. The second-order valence-corrected chi connectivity index (χ2v) is 12.0. The standard InChI is InChI=1S/C21H28N4O4S3/c1-15-13-24(14-16(2)29-15)19-4-3-17(11-22-19)12-23-21(26)20-18(5-8-31-20)32(27,28)25-6-9-30-10-7-25/h3-5,8,11,15-16H,6-7,9-10,12-14H2,1-2H3,(H,23,26). The fourth-order valence-corrected chi connectivity index (χ4v) is 7.82. The van der Waals surface area contributed by atoms with E-state index in [1.165, 1.54) is 10.4 Å². The van der Waals surface area contributed by atoms with Gasteiger partial charge in [0.05, 0.1) is 12.2 Å². The largest absolute Gasteiger partial charge is 0.372 e. The van der Waals surface area contributed by atoms with Crippen LogP contribution < -0.4 is 10.2 Å². The average Bonchev–Trinajstić information content (AvgIpc) is 3.29. The normalized spacial score (nSPS) is 22.6. The number of amides is 1. The predicted molar refractivity (Wildman–Crippen MR) is 128 cm³/mol. The van der Waals surface area contributed by atoms with Gasteiger partial charge in [-0.25, -0.2) is 13.4 Å². The Labute approximate surface area is 197 Å². The number of sulfonamides is 1. The number of thioether (sulfide) groups is 1. The number of nitrogens with one attached hydrogen (secondary N) is 1. The first kappa shape index (κ1) is 23.5. The van der Waals surface area contributed by atoms with Crippen LogP contribution in [0.15, 0.2) is 34.7 Å². The van der Waals surface area contributed by atoms with Crippen molar-refractivity contribution >= 4 is 44.8 Å². The lowest BCUT2D eigenvalue weighted by Gasteiger charge is -2.36. The number of hydrogen-bond donors (Lipinski definition) is 1. The van der Waals surface area contributed by atoms with Crippen molar-refractivity contribution in [3.8, 4) is 0 Å². The molecule has 0 aliphatic carbocycles. The summed E-state index contributed by atoms with van der Waals surface area (Å²) in [4.78, 5) is 19.8. The van der Waals surface area contributed by atoms with Gasteiger partial charge in [0, 0.05) is 50.4 Å². The van der Waals surface area contributed by atoms with E-state index >= 15 is 0 Å². The molecule has 2 aliphatic heterocycles. The van der Waals surface area contributed by atoms with Gasteiger partial charge in [-0.2, -0.15) is 16.1 Å². The number of pyridine rings is 1. The van der Waals surface area contributed by atoms with Gasteiger partial charge in [-0.05, 0) is 36.9 Å². The van der Waals surface area contributed by atoms with Crippen LogP contribution in [-0.2, 0) is 21.3 Å². The van der Waals surface area contributed by atoms with Gasteiger partial charge in [0.1, 0.15) is 15.6 Å². The van der Waals surface area contributed by atoms with E-state index in [0.717, 1.165) is 47.3 Å². The van der Waals surface area contributed by atoms with E-state index in [1.54, 1.807) is 23.3 Å². The first-order valence-electron chi connectivity index (χ1n) is 10.6. The van der Waals surface area contributed by atoms with E-state index in [-0.39, 0.29) is 34.4 Å². The molecule has 2 aliphatic rings. The number of thiophene rings is 1. The lowest BCUT2D eigenvalue weighted by atomic mass is 10.2. The molecule has 0 aromatic carbocycles. The van der Waals surface area contributed by atoms with Crippen LogP contribution in [0.2, 0.25) is 0 Å². The van der Waals surface area contributed by atoms with Crippen LogP contribution in [0, 0.1) is 0 Å². The molecule has 0 radical (unpaired) electrons. The molecule has 1 N–H and O–H groups in total. The minimum absolute atomic E-state index is 0.0935. The molecule has 0 saturated carbocycles. The maximum Gasteiger partial charge on any atom is 0.263 e. The Morgan fingerprint density at radius 2 is 1.91 bits per heavy atom. The summed E-state index contributed by atoms with van der Waals surface area (Å²) in [6.45, 7) is 6.91. The molecule has 1 amide bonds. The van der Waals surface area contributed by atoms with Crippen molar-refractivity contribution in [2.24, 2.45) is 0 Å². The second kappa shape index (κ2) is 10.1. The number of aromatic nitrogens is 1. The van der Waals surface area contributed by atoms with Crippen molar-refractivity contribution < 1.29 is 17.9 Å². The van der Waals surface area contributed by atoms with Crippen molar-refractivity contribution in [3.05, 3.63) is 40.2 Å². The number of carbonyl (C=O) groups is 1. The third kappa shape index (κ3) is 5.28. The van der Waals surface area contributed by atoms with E-state index in [9.17, 15) is 13.2 Å². The number of carbonyl (C=O) groups excluding carboxylic acids is 1. The van der Waals surface area contributed by atoms with Crippen molar-refractivity contribution in [1.82, 2.24) is 14.6 Å². The predicted octanol–water partition coefficient (Wildman–Crippen LogP) is 2.42. The summed E-state index contributed by atoms with van der Waals surface area (Å²) in [6.07, 6.45) is 2.05. The second-order valence-electron chi connectivity index (χ2n) is 8.00. The molecule has 0 bridgehead atoms. The van der Waals surface area contributed by atoms with Gasteiger partial charge >= 0.3 is 0 Å². The molecule has 4 heterocycles. The Balaban J connectivity index is 1.39. The number of ether oxygens (including phenoxy) is 1. The van der Waals surface area contributed by atoms with E-state index < -0.39 is 10.0 Å². The van der Waals surface area contributed by atoms with Crippen LogP contribution in [0.4, 0.5) is 5.82 Å². The fraction of sp³-hybridized carbons (Fsp3) is 0.524. The SMILES string of the molecule is CC1CN(c2ccc(CNC(=O)c3sccc3S(=O)(=O)N3CCSCC3)cn2)CC(C)O1. The Bertz CT molecular complexity index is 1030. The summed E-state index contributed by atoms with van der Waals surface area (Å²) >= 11 is 2.89.